The molecule has 0 saturated carbocycles. The van der Waals surface area contributed by atoms with E-state index in [4.69, 9.17) is 0 Å². The van der Waals surface area contributed by atoms with Gasteiger partial charge < -0.3 is 14.8 Å². The van der Waals surface area contributed by atoms with Crippen LogP contribution in [0.25, 0.3) is 0 Å². The molecule has 0 aliphatic carbocycles. The van der Waals surface area contributed by atoms with Crippen LogP contribution < -0.4 is 5.32 Å². The summed E-state index contributed by atoms with van der Waals surface area (Å²) < 4.78 is 40.9. The lowest BCUT2D eigenvalue weighted by atomic mass is 9.93. The van der Waals surface area contributed by atoms with Gasteiger partial charge in [-0.2, -0.15) is 13.2 Å². The van der Waals surface area contributed by atoms with Gasteiger partial charge >= 0.3 is 6.18 Å². The number of halogens is 3. The lowest BCUT2D eigenvalue weighted by Crippen LogP contribution is -2.49. The van der Waals surface area contributed by atoms with Gasteiger partial charge in [-0.25, -0.2) is 9.98 Å². The van der Waals surface area contributed by atoms with Crippen LogP contribution >= 0.6 is 0 Å². The Bertz CT molecular complexity index is 785. The van der Waals surface area contributed by atoms with E-state index in [2.05, 4.69) is 31.7 Å². The number of likely N-dealkylation sites (tertiary alicyclic amines) is 1. The second kappa shape index (κ2) is 8.67. The maximum atomic E-state index is 12.9. The van der Waals surface area contributed by atoms with Crippen LogP contribution in [0.3, 0.4) is 0 Å². The molecular weight excluding hydrogens is 367 g/mol. The van der Waals surface area contributed by atoms with Gasteiger partial charge in [0.25, 0.3) is 0 Å². The third-order valence-electron chi connectivity index (χ3n) is 5.13. The summed E-state index contributed by atoms with van der Waals surface area (Å²) >= 11 is 0. The first-order chi connectivity index (χ1) is 13.4. The molecule has 2 aromatic rings. The molecule has 1 aliphatic rings. The van der Waals surface area contributed by atoms with Crippen molar-refractivity contribution < 1.29 is 13.2 Å². The second-order valence-electron chi connectivity index (χ2n) is 7.16. The summed E-state index contributed by atoms with van der Waals surface area (Å²) in [6.07, 6.45) is 2.25. The number of alkyl halides is 3. The van der Waals surface area contributed by atoms with Crippen LogP contribution in [0, 0.1) is 5.92 Å². The van der Waals surface area contributed by atoms with Gasteiger partial charge in [0.1, 0.15) is 0 Å². The van der Waals surface area contributed by atoms with Gasteiger partial charge in [0.15, 0.2) is 5.96 Å². The van der Waals surface area contributed by atoms with Gasteiger partial charge in [0, 0.05) is 32.0 Å². The molecule has 0 amide bonds. The number of guanidine groups is 1. The molecule has 3 rings (SSSR count). The fourth-order valence-electron chi connectivity index (χ4n) is 3.53. The molecule has 1 fully saturated rings. The molecule has 2 unspecified atom stereocenters. The highest BCUT2D eigenvalue weighted by Gasteiger charge is 2.31. The predicted molar refractivity (Wildman–Crippen MR) is 103 cm³/mol. The van der Waals surface area contributed by atoms with E-state index in [0.717, 1.165) is 31.5 Å². The van der Waals surface area contributed by atoms with Gasteiger partial charge in [0.2, 0.25) is 0 Å². The van der Waals surface area contributed by atoms with Crippen molar-refractivity contribution in [2.75, 3.05) is 19.6 Å². The van der Waals surface area contributed by atoms with Crippen molar-refractivity contribution >= 4 is 5.96 Å². The number of nitrogens with one attached hydrogen (secondary N) is 1. The average molecular weight is 393 g/mol. The van der Waals surface area contributed by atoms with Gasteiger partial charge in [-0.05, 0) is 37.0 Å². The van der Waals surface area contributed by atoms with E-state index < -0.39 is 11.7 Å². The molecule has 1 saturated heterocycles. The number of benzene rings is 1. The third-order valence-corrected chi connectivity index (χ3v) is 5.13. The summed E-state index contributed by atoms with van der Waals surface area (Å²) in [5.74, 6) is 1.24. The molecule has 8 heteroatoms. The lowest BCUT2D eigenvalue weighted by molar-refractivity contribution is -0.137. The summed E-state index contributed by atoms with van der Waals surface area (Å²) in [5.41, 5.74) is -0.0982. The number of nitrogens with zero attached hydrogens (tertiary/aromatic N) is 4. The Morgan fingerprint density at radius 3 is 2.86 bits per heavy atom. The molecule has 1 N–H and O–H groups in total. The quantitative estimate of drug-likeness (QED) is 0.632. The second-order valence-corrected chi connectivity index (χ2v) is 7.16. The van der Waals surface area contributed by atoms with E-state index in [-0.39, 0.29) is 12.6 Å². The monoisotopic (exact) mass is 393 g/mol. The first-order valence-corrected chi connectivity index (χ1v) is 9.55. The van der Waals surface area contributed by atoms with Crippen LogP contribution in [-0.2, 0) is 12.7 Å². The largest absolute Gasteiger partial charge is 0.416 e. The minimum absolute atomic E-state index is 0.202. The van der Waals surface area contributed by atoms with Crippen LogP contribution in [0.15, 0.2) is 48.0 Å². The molecule has 0 bridgehead atoms. The van der Waals surface area contributed by atoms with E-state index in [0.29, 0.717) is 18.0 Å². The Balaban J connectivity index is 1.75. The van der Waals surface area contributed by atoms with Crippen molar-refractivity contribution in [3.8, 4) is 0 Å². The molecule has 0 radical (unpaired) electrons. The van der Waals surface area contributed by atoms with Crippen LogP contribution in [0.1, 0.15) is 37.4 Å². The fourth-order valence-corrected chi connectivity index (χ4v) is 3.53. The van der Waals surface area contributed by atoms with E-state index >= 15 is 0 Å². The molecule has 1 aliphatic heterocycles. The Morgan fingerprint density at radius 2 is 2.18 bits per heavy atom. The van der Waals surface area contributed by atoms with E-state index in [1.807, 2.05) is 19.4 Å². The van der Waals surface area contributed by atoms with Crippen LogP contribution in [0.2, 0.25) is 0 Å². The van der Waals surface area contributed by atoms with E-state index in [9.17, 15) is 13.2 Å². The summed E-state index contributed by atoms with van der Waals surface area (Å²) in [4.78, 5) is 10.9. The van der Waals surface area contributed by atoms with E-state index in [1.165, 1.54) is 12.1 Å². The number of imidazole rings is 1. The van der Waals surface area contributed by atoms with Gasteiger partial charge in [0.05, 0.1) is 24.5 Å². The van der Waals surface area contributed by atoms with Gasteiger partial charge in [-0.1, -0.05) is 19.1 Å². The highest BCUT2D eigenvalue weighted by atomic mass is 19.4. The Morgan fingerprint density at radius 1 is 1.36 bits per heavy atom. The number of aliphatic imine (C=N–C) groups is 1. The zero-order valence-electron chi connectivity index (χ0n) is 16.2. The van der Waals surface area contributed by atoms with Crippen LogP contribution in [0.4, 0.5) is 13.2 Å². The van der Waals surface area contributed by atoms with E-state index in [1.54, 1.807) is 12.3 Å². The van der Waals surface area contributed by atoms with Crippen molar-refractivity contribution in [3.63, 3.8) is 0 Å². The number of hydrogen-bond donors (Lipinski definition) is 1. The maximum absolute atomic E-state index is 12.9. The zero-order valence-corrected chi connectivity index (χ0v) is 16.2. The van der Waals surface area contributed by atoms with Crippen molar-refractivity contribution in [3.05, 3.63) is 54.1 Å². The Kier molecular flexibility index (Phi) is 6.26. The molecule has 2 atom stereocenters. The zero-order chi connectivity index (χ0) is 20.1. The Labute approximate surface area is 163 Å². The normalized spacial score (nSPS) is 21.0. The predicted octanol–water partition coefficient (Wildman–Crippen LogP) is 3.95. The van der Waals surface area contributed by atoms with Crippen LogP contribution in [0.5, 0.6) is 0 Å². The molecule has 2 heterocycles. The summed E-state index contributed by atoms with van der Waals surface area (Å²) in [6.45, 7) is 6.76. The summed E-state index contributed by atoms with van der Waals surface area (Å²) in [7, 11) is 0. The first kappa shape index (κ1) is 20.2. The smallest absolute Gasteiger partial charge is 0.357 e. The minimum atomic E-state index is -4.34. The summed E-state index contributed by atoms with van der Waals surface area (Å²) in [5, 5.41) is 3.28. The maximum Gasteiger partial charge on any atom is 0.416 e. The third kappa shape index (κ3) is 4.85. The molecule has 28 heavy (non-hydrogen) atoms. The average Bonchev–Trinajstić information content (AvgIpc) is 3.20. The number of hydrogen-bond acceptors (Lipinski definition) is 2. The first-order valence-electron chi connectivity index (χ1n) is 9.55. The molecule has 1 aromatic carbocycles. The topological polar surface area (TPSA) is 45.5 Å². The number of aromatic nitrogens is 2. The minimum Gasteiger partial charge on any atom is -0.357 e. The molecule has 0 spiro atoms. The Hall–Kier alpha value is -2.51. The molecule has 152 valence electrons. The SMILES string of the molecule is CCNC(=NCc1cccc(C(F)(F)F)c1)N1CCC(C)C(n2ccnc2)C1. The number of piperidine rings is 1. The lowest BCUT2D eigenvalue weighted by Gasteiger charge is -2.39. The van der Waals surface area contributed by atoms with Gasteiger partial charge in [-0.15, -0.1) is 0 Å². The molecule has 1 aromatic heterocycles. The van der Waals surface area contributed by atoms with Crippen molar-refractivity contribution in [1.82, 2.24) is 19.8 Å². The van der Waals surface area contributed by atoms with Gasteiger partial charge in [-0.3, -0.25) is 0 Å². The number of rotatable bonds is 4. The fraction of sp³-hybridized carbons (Fsp3) is 0.500. The van der Waals surface area contributed by atoms with Crippen molar-refractivity contribution in [2.24, 2.45) is 10.9 Å². The molecular formula is C20H26F3N5. The van der Waals surface area contributed by atoms with Crippen molar-refractivity contribution in [2.45, 2.75) is 39.0 Å². The highest BCUT2D eigenvalue weighted by molar-refractivity contribution is 5.80. The molecule has 5 nitrogen and oxygen atoms in total. The van der Waals surface area contributed by atoms with Crippen LogP contribution in [-0.4, -0.2) is 40.0 Å². The summed E-state index contributed by atoms with van der Waals surface area (Å²) in [6, 6.07) is 5.64. The van der Waals surface area contributed by atoms with Crippen molar-refractivity contribution in [1.29, 1.82) is 0 Å². The standard InChI is InChI=1S/C20H26F3N5/c1-3-25-19(26-12-16-5-4-6-17(11-16)20(21,22)23)27-9-7-15(2)18(13-27)28-10-8-24-14-28/h4-6,8,10-11,14-15,18H,3,7,9,12-13H2,1-2H3,(H,25,26). The highest BCUT2D eigenvalue weighted by Crippen LogP contribution is 2.30.